The monoisotopic (exact) mass is 314 g/mol. The standard InChI is InChI=1S/C13H19BrN2O2/c1-10(11-3-5-12(14)6-4-11)16-9-13(17)15-7-8-18-2/h3-6,10,16H,7-9H2,1-2H3,(H,15,17)/t10-/m1/s1. The van der Waals surface area contributed by atoms with Gasteiger partial charge in [0.25, 0.3) is 0 Å². The predicted molar refractivity (Wildman–Crippen MR) is 75.4 cm³/mol. The van der Waals surface area contributed by atoms with Crippen LogP contribution in [0, 0.1) is 0 Å². The molecular weight excluding hydrogens is 296 g/mol. The molecule has 1 atom stereocenters. The van der Waals surface area contributed by atoms with Crippen LogP contribution in [-0.4, -0.2) is 32.7 Å². The van der Waals surface area contributed by atoms with Crippen LogP contribution in [0.2, 0.25) is 0 Å². The molecule has 0 spiro atoms. The summed E-state index contributed by atoms with van der Waals surface area (Å²) in [6.07, 6.45) is 0. The zero-order valence-corrected chi connectivity index (χ0v) is 12.3. The maximum absolute atomic E-state index is 11.5. The Labute approximate surface area is 116 Å². The maximum atomic E-state index is 11.5. The van der Waals surface area contributed by atoms with Gasteiger partial charge in [-0.2, -0.15) is 0 Å². The van der Waals surface area contributed by atoms with E-state index in [1.54, 1.807) is 7.11 Å². The Bertz CT molecular complexity index is 368. The van der Waals surface area contributed by atoms with Crippen molar-refractivity contribution in [1.29, 1.82) is 0 Å². The second-order valence-electron chi connectivity index (χ2n) is 4.00. The summed E-state index contributed by atoms with van der Waals surface area (Å²) in [5.74, 6) is -0.0176. The lowest BCUT2D eigenvalue weighted by molar-refractivity contribution is -0.120. The molecule has 1 amide bonds. The third-order valence-corrected chi connectivity index (χ3v) is 3.10. The van der Waals surface area contributed by atoms with Gasteiger partial charge in [0.1, 0.15) is 0 Å². The number of amides is 1. The Kier molecular flexibility index (Phi) is 6.93. The van der Waals surface area contributed by atoms with E-state index in [-0.39, 0.29) is 11.9 Å². The summed E-state index contributed by atoms with van der Waals surface area (Å²) in [6, 6.07) is 8.19. The smallest absolute Gasteiger partial charge is 0.234 e. The second kappa shape index (κ2) is 8.24. The van der Waals surface area contributed by atoms with Crippen LogP contribution in [0.25, 0.3) is 0 Å². The lowest BCUT2D eigenvalue weighted by Crippen LogP contribution is -2.36. The van der Waals surface area contributed by atoms with Crippen LogP contribution in [-0.2, 0) is 9.53 Å². The fourth-order valence-electron chi connectivity index (χ4n) is 1.47. The molecule has 0 aliphatic rings. The number of hydrogen-bond donors (Lipinski definition) is 2. The Hall–Kier alpha value is -0.910. The van der Waals surface area contributed by atoms with E-state index >= 15 is 0 Å². The molecule has 1 aromatic carbocycles. The summed E-state index contributed by atoms with van der Waals surface area (Å²) < 4.78 is 5.91. The fourth-order valence-corrected chi connectivity index (χ4v) is 1.73. The molecule has 18 heavy (non-hydrogen) atoms. The molecule has 0 bridgehead atoms. The number of ether oxygens (including phenoxy) is 1. The lowest BCUT2D eigenvalue weighted by Gasteiger charge is -2.14. The molecule has 0 fully saturated rings. The molecular formula is C13H19BrN2O2. The van der Waals surface area contributed by atoms with E-state index in [0.717, 1.165) is 10.0 Å². The number of methoxy groups -OCH3 is 1. The lowest BCUT2D eigenvalue weighted by atomic mass is 10.1. The highest BCUT2D eigenvalue weighted by Gasteiger charge is 2.07. The molecule has 2 N–H and O–H groups in total. The molecule has 100 valence electrons. The van der Waals surface area contributed by atoms with Crippen molar-refractivity contribution >= 4 is 21.8 Å². The first-order valence-corrected chi connectivity index (χ1v) is 6.67. The highest BCUT2D eigenvalue weighted by molar-refractivity contribution is 9.10. The minimum atomic E-state index is -0.0176. The zero-order valence-electron chi connectivity index (χ0n) is 10.7. The maximum Gasteiger partial charge on any atom is 0.234 e. The summed E-state index contributed by atoms with van der Waals surface area (Å²) in [5, 5.41) is 5.94. The Morgan fingerprint density at radius 2 is 2.06 bits per heavy atom. The topological polar surface area (TPSA) is 50.4 Å². The SMILES string of the molecule is COCCNC(=O)CN[C@H](C)c1ccc(Br)cc1. The largest absolute Gasteiger partial charge is 0.383 e. The molecule has 0 aliphatic heterocycles. The second-order valence-corrected chi connectivity index (χ2v) is 4.91. The van der Waals surface area contributed by atoms with E-state index in [2.05, 4.69) is 26.6 Å². The minimum Gasteiger partial charge on any atom is -0.383 e. The number of carbonyl (C=O) groups excluding carboxylic acids is 1. The van der Waals surface area contributed by atoms with Gasteiger partial charge in [0, 0.05) is 24.2 Å². The highest BCUT2D eigenvalue weighted by atomic mass is 79.9. The van der Waals surface area contributed by atoms with Crippen LogP contribution < -0.4 is 10.6 Å². The van der Waals surface area contributed by atoms with Gasteiger partial charge >= 0.3 is 0 Å². The zero-order chi connectivity index (χ0) is 13.4. The summed E-state index contributed by atoms with van der Waals surface area (Å²) in [5.41, 5.74) is 1.16. The number of rotatable bonds is 7. The van der Waals surface area contributed by atoms with Crippen molar-refractivity contribution in [2.45, 2.75) is 13.0 Å². The van der Waals surface area contributed by atoms with Gasteiger partial charge in [-0.15, -0.1) is 0 Å². The van der Waals surface area contributed by atoms with E-state index in [4.69, 9.17) is 4.74 Å². The first-order valence-electron chi connectivity index (χ1n) is 5.88. The van der Waals surface area contributed by atoms with E-state index in [9.17, 15) is 4.79 Å². The van der Waals surface area contributed by atoms with Crippen LogP contribution in [0.15, 0.2) is 28.7 Å². The molecule has 0 radical (unpaired) electrons. The van der Waals surface area contributed by atoms with Crippen LogP contribution in [0.5, 0.6) is 0 Å². The molecule has 0 saturated heterocycles. The Morgan fingerprint density at radius 3 is 2.67 bits per heavy atom. The van der Waals surface area contributed by atoms with Gasteiger partial charge in [0.15, 0.2) is 0 Å². The van der Waals surface area contributed by atoms with Gasteiger partial charge in [-0.05, 0) is 24.6 Å². The van der Waals surface area contributed by atoms with Gasteiger partial charge in [0.2, 0.25) is 5.91 Å². The van der Waals surface area contributed by atoms with Gasteiger partial charge in [-0.3, -0.25) is 4.79 Å². The molecule has 0 heterocycles. The third kappa shape index (κ3) is 5.62. The molecule has 0 aromatic heterocycles. The van der Waals surface area contributed by atoms with E-state index in [1.807, 2.05) is 31.2 Å². The van der Waals surface area contributed by atoms with Gasteiger partial charge in [-0.1, -0.05) is 28.1 Å². The number of carbonyl (C=O) groups is 1. The molecule has 0 unspecified atom stereocenters. The van der Waals surface area contributed by atoms with Crippen LogP contribution in [0.1, 0.15) is 18.5 Å². The summed E-state index contributed by atoms with van der Waals surface area (Å²) >= 11 is 3.40. The van der Waals surface area contributed by atoms with Crippen molar-refractivity contribution in [3.8, 4) is 0 Å². The van der Waals surface area contributed by atoms with E-state index < -0.39 is 0 Å². The predicted octanol–water partition coefficient (Wildman–Crippen LogP) is 1.86. The quantitative estimate of drug-likeness (QED) is 0.755. The third-order valence-electron chi connectivity index (χ3n) is 2.57. The van der Waals surface area contributed by atoms with E-state index in [1.165, 1.54) is 0 Å². The Morgan fingerprint density at radius 1 is 1.39 bits per heavy atom. The average molecular weight is 315 g/mol. The van der Waals surface area contributed by atoms with Crippen molar-refractivity contribution in [2.75, 3.05) is 26.8 Å². The fraction of sp³-hybridized carbons (Fsp3) is 0.462. The average Bonchev–Trinajstić information content (AvgIpc) is 2.37. The number of hydrogen-bond acceptors (Lipinski definition) is 3. The van der Waals surface area contributed by atoms with Gasteiger partial charge < -0.3 is 15.4 Å². The van der Waals surface area contributed by atoms with Crippen LogP contribution in [0.3, 0.4) is 0 Å². The first-order chi connectivity index (χ1) is 8.63. The first kappa shape index (κ1) is 15.1. The van der Waals surface area contributed by atoms with E-state index in [0.29, 0.717) is 19.7 Å². The molecule has 4 nitrogen and oxygen atoms in total. The van der Waals surface area contributed by atoms with Crippen LogP contribution in [0.4, 0.5) is 0 Å². The number of halogens is 1. The molecule has 5 heteroatoms. The van der Waals surface area contributed by atoms with Crippen molar-refractivity contribution < 1.29 is 9.53 Å². The summed E-state index contributed by atoms with van der Waals surface area (Å²) in [7, 11) is 1.61. The Balaban J connectivity index is 2.30. The molecule has 0 aliphatic carbocycles. The summed E-state index contributed by atoms with van der Waals surface area (Å²) in [6.45, 7) is 3.42. The van der Waals surface area contributed by atoms with Gasteiger partial charge in [0.05, 0.1) is 13.2 Å². The van der Waals surface area contributed by atoms with Crippen molar-refractivity contribution in [3.63, 3.8) is 0 Å². The number of nitrogens with one attached hydrogen (secondary N) is 2. The summed E-state index contributed by atoms with van der Waals surface area (Å²) in [4.78, 5) is 11.5. The van der Waals surface area contributed by atoms with Crippen molar-refractivity contribution in [3.05, 3.63) is 34.3 Å². The normalized spacial score (nSPS) is 12.2. The molecule has 0 saturated carbocycles. The highest BCUT2D eigenvalue weighted by Crippen LogP contribution is 2.16. The molecule has 1 rings (SSSR count). The molecule has 1 aromatic rings. The minimum absolute atomic E-state index is 0.0176. The van der Waals surface area contributed by atoms with Crippen molar-refractivity contribution in [2.24, 2.45) is 0 Å². The van der Waals surface area contributed by atoms with Crippen LogP contribution >= 0.6 is 15.9 Å². The number of benzene rings is 1. The van der Waals surface area contributed by atoms with Gasteiger partial charge in [-0.25, -0.2) is 0 Å². The van der Waals surface area contributed by atoms with Crippen molar-refractivity contribution in [1.82, 2.24) is 10.6 Å².